The van der Waals surface area contributed by atoms with Crippen LogP contribution in [0.25, 0.3) is 0 Å². The fourth-order valence-corrected chi connectivity index (χ4v) is 2.85. The minimum Gasteiger partial charge on any atom is -0.491 e. The molecule has 0 radical (unpaired) electrons. The molecule has 0 heterocycles. The Hall–Kier alpha value is -1.42. The third kappa shape index (κ3) is 3.79. The van der Waals surface area contributed by atoms with Crippen molar-refractivity contribution in [2.45, 2.75) is 32.6 Å². The number of benzene rings is 1. The number of nitrogen functional groups attached to an aromatic ring is 1. The Labute approximate surface area is 121 Å². The third-order valence-corrected chi connectivity index (χ3v) is 4.09. The topological polar surface area (TPSA) is 67.5 Å². The maximum absolute atomic E-state index is 9.35. The van der Waals surface area contributed by atoms with Gasteiger partial charge < -0.3 is 20.9 Å². The minimum atomic E-state index is 0.305. The van der Waals surface area contributed by atoms with Crippen LogP contribution in [0.2, 0.25) is 0 Å². The fourth-order valence-electron chi connectivity index (χ4n) is 2.85. The standard InChI is InChI=1S/C16H26N2O2/c1-2-8-20-16-9-14(6-7-15(16)17)18-10-12-4-3-5-13(12)11-19/h6-7,9,12-13,18-19H,2-5,8,10-11,17H2,1H3. The van der Waals surface area contributed by atoms with Gasteiger partial charge in [0.1, 0.15) is 5.75 Å². The normalized spacial score (nSPS) is 21.9. The Morgan fingerprint density at radius 3 is 2.90 bits per heavy atom. The van der Waals surface area contributed by atoms with E-state index < -0.39 is 0 Å². The molecule has 1 aromatic carbocycles. The van der Waals surface area contributed by atoms with Crippen LogP contribution >= 0.6 is 0 Å². The summed E-state index contributed by atoms with van der Waals surface area (Å²) >= 11 is 0. The van der Waals surface area contributed by atoms with Gasteiger partial charge in [-0.25, -0.2) is 0 Å². The second kappa shape index (κ2) is 7.39. The van der Waals surface area contributed by atoms with Gasteiger partial charge in [0.25, 0.3) is 0 Å². The number of nitrogens with two attached hydrogens (primary N) is 1. The number of hydrogen-bond donors (Lipinski definition) is 3. The predicted molar refractivity (Wildman–Crippen MR) is 83.0 cm³/mol. The summed E-state index contributed by atoms with van der Waals surface area (Å²) in [5.74, 6) is 1.77. The molecular formula is C16H26N2O2. The molecule has 0 spiro atoms. The summed E-state index contributed by atoms with van der Waals surface area (Å²) in [6, 6.07) is 5.83. The van der Waals surface area contributed by atoms with Crippen molar-refractivity contribution in [3.05, 3.63) is 18.2 Å². The van der Waals surface area contributed by atoms with E-state index in [4.69, 9.17) is 10.5 Å². The van der Waals surface area contributed by atoms with Gasteiger partial charge in [0.15, 0.2) is 0 Å². The molecule has 1 saturated carbocycles. The van der Waals surface area contributed by atoms with Crippen LogP contribution in [-0.2, 0) is 0 Å². The van der Waals surface area contributed by atoms with Crippen molar-refractivity contribution in [3.8, 4) is 5.75 Å². The lowest BCUT2D eigenvalue weighted by Crippen LogP contribution is -2.20. The molecular weight excluding hydrogens is 252 g/mol. The van der Waals surface area contributed by atoms with E-state index in [2.05, 4.69) is 12.2 Å². The van der Waals surface area contributed by atoms with Crippen LogP contribution in [0.4, 0.5) is 11.4 Å². The summed E-state index contributed by atoms with van der Waals surface area (Å²) in [4.78, 5) is 0. The molecule has 0 amide bonds. The molecule has 1 aliphatic rings. The van der Waals surface area contributed by atoms with E-state index in [0.717, 1.165) is 30.8 Å². The summed E-state index contributed by atoms with van der Waals surface area (Å²) in [5.41, 5.74) is 7.62. The van der Waals surface area contributed by atoms with E-state index in [1.54, 1.807) is 0 Å². The van der Waals surface area contributed by atoms with Gasteiger partial charge >= 0.3 is 0 Å². The summed E-state index contributed by atoms with van der Waals surface area (Å²) in [7, 11) is 0. The summed E-state index contributed by atoms with van der Waals surface area (Å²) in [5, 5.41) is 12.8. The SMILES string of the molecule is CCCOc1cc(NCC2CCCC2CO)ccc1N. The molecule has 4 heteroatoms. The Morgan fingerprint density at radius 1 is 1.35 bits per heavy atom. The lowest BCUT2D eigenvalue weighted by atomic mass is 9.97. The Morgan fingerprint density at radius 2 is 2.15 bits per heavy atom. The number of aliphatic hydroxyl groups excluding tert-OH is 1. The monoisotopic (exact) mass is 278 g/mol. The van der Waals surface area contributed by atoms with Gasteiger partial charge in [-0.2, -0.15) is 0 Å². The highest BCUT2D eigenvalue weighted by molar-refractivity contribution is 5.61. The molecule has 0 bridgehead atoms. The third-order valence-electron chi connectivity index (χ3n) is 4.09. The summed E-state index contributed by atoms with van der Waals surface area (Å²) in [6.07, 6.45) is 4.54. The quantitative estimate of drug-likeness (QED) is 0.671. The maximum atomic E-state index is 9.35. The molecule has 20 heavy (non-hydrogen) atoms. The van der Waals surface area contributed by atoms with Crippen molar-refractivity contribution in [2.75, 3.05) is 30.8 Å². The fraction of sp³-hybridized carbons (Fsp3) is 0.625. The first-order valence-corrected chi connectivity index (χ1v) is 7.61. The molecule has 0 aliphatic heterocycles. The van der Waals surface area contributed by atoms with Crippen molar-refractivity contribution in [1.82, 2.24) is 0 Å². The van der Waals surface area contributed by atoms with E-state index in [0.29, 0.717) is 30.7 Å². The van der Waals surface area contributed by atoms with Crippen molar-refractivity contribution in [1.29, 1.82) is 0 Å². The second-order valence-corrected chi connectivity index (χ2v) is 5.62. The first kappa shape index (κ1) is 15.0. The van der Waals surface area contributed by atoms with Gasteiger partial charge in [-0.15, -0.1) is 0 Å². The number of ether oxygens (including phenoxy) is 1. The second-order valence-electron chi connectivity index (χ2n) is 5.62. The molecule has 2 atom stereocenters. The zero-order chi connectivity index (χ0) is 14.4. The van der Waals surface area contributed by atoms with Gasteiger partial charge in [-0.05, 0) is 43.2 Å². The van der Waals surface area contributed by atoms with E-state index in [1.807, 2.05) is 18.2 Å². The highest BCUT2D eigenvalue weighted by Gasteiger charge is 2.26. The first-order valence-electron chi connectivity index (χ1n) is 7.61. The average molecular weight is 278 g/mol. The lowest BCUT2D eigenvalue weighted by molar-refractivity contribution is 0.199. The zero-order valence-corrected chi connectivity index (χ0v) is 12.3. The van der Waals surface area contributed by atoms with Gasteiger partial charge in [0.05, 0.1) is 12.3 Å². The molecule has 1 fully saturated rings. The van der Waals surface area contributed by atoms with Gasteiger partial charge in [0, 0.05) is 24.9 Å². The smallest absolute Gasteiger partial charge is 0.144 e. The van der Waals surface area contributed by atoms with Crippen LogP contribution in [0.3, 0.4) is 0 Å². The molecule has 1 aliphatic carbocycles. The van der Waals surface area contributed by atoms with Crippen molar-refractivity contribution >= 4 is 11.4 Å². The minimum absolute atomic E-state index is 0.305. The van der Waals surface area contributed by atoms with Crippen LogP contribution in [0.1, 0.15) is 32.6 Å². The summed E-state index contributed by atoms with van der Waals surface area (Å²) in [6.45, 7) is 3.97. The van der Waals surface area contributed by atoms with Crippen LogP contribution < -0.4 is 15.8 Å². The van der Waals surface area contributed by atoms with E-state index >= 15 is 0 Å². The number of nitrogens with one attached hydrogen (secondary N) is 1. The highest BCUT2D eigenvalue weighted by Crippen LogP contribution is 2.32. The lowest BCUT2D eigenvalue weighted by Gasteiger charge is -2.19. The number of anilines is 2. The average Bonchev–Trinajstić information content (AvgIpc) is 2.92. The molecule has 112 valence electrons. The number of hydrogen-bond acceptors (Lipinski definition) is 4. The van der Waals surface area contributed by atoms with Crippen LogP contribution in [0.5, 0.6) is 5.75 Å². The Balaban J connectivity index is 1.92. The predicted octanol–water partition coefficient (Wildman–Crippen LogP) is 2.88. The van der Waals surface area contributed by atoms with Crippen molar-refractivity contribution in [3.63, 3.8) is 0 Å². The zero-order valence-electron chi connectivity index (χ0n) is 12.3. The largest absolute Gasteiger partial charge is 0.491 e. The van der Waals surface area contributed by atoms with Gasteiger partial charge in [-0.1, -0.05) is 13.3 Å². The van der Waals surface area contributed by atoms with E-state index in [9.17, 15) is 5.11 Å². The molecule has 1 aromatic rings. The van der Waals surface area contributed by atoms with E-state index in [1.165, 1.54) is 12.8 Å². The molecule has 0 aromatic heterocycles. The Bertz CT molecular complexity index is 423. The van der Waals surface area contributed by atoms with Crippen LogP contribution in [-0.4, -0.2) is 24.9 Å². The first-order chi connectivity index (χ1) is 9.74. The molecule has 4 N–H and O–H groups in total. The summed E-state index contributed by atoms with van der Waals surface area (Å²) < 4.78 is 5.64. The van der Waals surface area contributed by atoms with Gasteiger partial charge in [0.2, 0.25) is 0 Å². The molecule has 2 unspecified atom stereocenters. The van der Waals surface area contributed by atoms with Crippen molar-refractivity contribution < 1.29 is 9.84 Å². The van der Waals surface area contributed by atoms with Crippen LogP contribution in [0.15, 0.2) is 18.2 Å². The van der Waals surface area contributed by atoms with Crippen LogP contribution in [0, 0.1) is 11.8 Å². The number of aliphatic hydroxyl groups is 1. The molecule has 2 rings (SSSR count). The number of rotatable bonds is 7. The maximum Gasteiger partial charge on any atom is 0.144 e. The Kier molecular flexibility index (Phi) is 5.53. The highest BCUT2D eigenvalue weighted by atomic mass is 16.5. The molecule has 4 nitrogen and oxygen atoms in total. The van der Waals surface area contributed by atoms with E-state index in [-0.39, 0.29) is 0 Å². The van der Waals surface area contributed by atoms with Gasteiger partial charge in [-0.3, -0.25) is 0 Å². The molecule has 0 saturated heterocycles. The van der Waals surface area contributed by atoms with Crippen molar-refractivity contribution in [2.24, 2.45) is 11.8 Å².